The summed E-state index contributed by atoms with van der Waals surface area (Å²) in [6.45, 7) is 7.57. The number of nitrogens with zero attached hydrogens (tertiary/aromatic N) is 3. The van der Waals surface area contributed by atoms with Gasteiger partial charge in [-0.3, -0.25) is 9.48 Å². The lowest BCUT2D eigenvalue weighted by Crippen LogP contribution is -2.27. The van der Waals surface area contributed by atoms with Gasteiger partial charge >= 0.3 is 0 Å². The average Bonchev–Trinajstić information content (AvgIpc) is 3.29. The van der Waals surface area contributed by atoms with Crippen LogP contribution in [-0.2, 0) is 19.7 Å². The number of hydrogen-bond acceptors (Lipinski definition) is 4. The van der Waals surface area contributed by atoms with Gasteiger partial charge in [0, 0.05) is 19.8 Å². The van der Waals surface area contributed by atoms with Crippen LogP contribution in [0.2, 0.25) is 0 Å². The molecule has 0 aliphatic rings. The molecule has 3 aromatic rings. The average molecular weight is 367 g/mol. The first-order chi connectivity index (χ1) is 13.0. The van der Waals surface area contributed by atoms with E-state index >= 15 is 0 Å². The molecule has 0 aliphatic carbocycles. The third-order valence-corrected chi connectivity index (χ3v) is 4.49. The van der Waals surface area contributed by atoms with Crippen molar-refractivity contribution in [2.24, 2.45) is 0 Å². The number of carbonyl (C=O) groups is 1. The first-order valence-corrected chi connectivity index (χ1v) is 9.03. The summed E-state index contributed by atoms with van der Waals surface area (Å²) in [5.41, 5.74) is 3.13. The van der Waals surface area contributed by atoms with Gasteiger partial charge in [-0.25, -0.2) is 0 Å². The monoisotopic (exact) mass is 367 g/mol. The van der Waals surface area contributed by atoms with Crippen molar-refractivity contribution >= 4 is 5.91 Å². The van der Waals surface area contributed by atoms with Crippen LogP contribution in [0, 0.1) is 13.8 Å². The minimum absolute atomic E-state index is 0.169. The van der Waals surface area contributed by atoms with E-state index in [-0.39, 0.29) is 12.5 Å². The topological polar surface area (TPSA) is 60.5 Å². The van der Waals surface area contributed by atoms with Crippen LogP contribution in [0.4, 0.5) is 0 Å². The Kier molecular flexibility index (Phi) is 5.64. The lowest BCUT2D eigenvalue weighted by molar-refractivity contribution is 0.0745. The molecular weight excluding hydrogens is 342 g/mol. The number of benzene rings is 1. The number of aromatic nitrogens is 2. The van der Waals surface area contributed by atoms with Crippen LogP contribution < -0.4 is 4.74 Å². The van der Waals surface area contributed by atoms with Crippen LogP contribution in [0.25, 0.3) is 0 Å². The highest BCUT2D eigenvalue weighted by Crippen LogP contribution is 2.24. The number of rotatable bonds is 7. The van der Waals surface area contributed by atoms with E-state index in [0.717, 1.165) is 29.1 Å². The van der Waals surface area contributed by atoms with Gasteiger partial charge in [0.1, 0.15) is 18.1 Å². The van der Waals surface area contributed by atoms with Gasteiger partial charge < -0.3 is 14.1 Å². The largest absolute Gasteiger partial charge is 0.485 e. The molecule has 0 saturated heterocycles. The summed E-state index contributed by atoms with van der Waals surface area (Å²) in [6.07, 6.45) is 1.74. The van der Waals surface area contributed by atoms with Gasteiger partial charge in [-0.1, -0.05) is 18.2 Å². The second kappa shape index (κ2) is 8.12. The molecule has 0 fully saturated rings. The Bertz CT molecular complexity index is 906. The Labute approximate surface area is 159 Å². The SMILES string of the molecule is CCn1nccc1CN(C)C(=O)c1ccc(COc2c(C)cccc2C)o1. The Morgan fingerprint density at radius 1 is 1.19 bits per heavy atom. The first kappa shape index (κ1) is 18.8. The van der Waals surface area contributed by atoms with Crippen LogP contribution in [0.3, 0.4) is 0 Å². The van der Waals surface area contributed by atoms with E-state index in [2.05, 4.69) is 5.10 Å². The third-order valence-electron chi connectivity index (χ3n) is 4.49. The molecule has 1 aromatic carbocycles. The van der Waals surface area contributed by atoms with Gasteiger partial charge in [0.25, 0.3) is 5.91 Å². The molecule has 6 nitrogen and oxygen atoms in total. The molecule has 1 amide bonds. The van der Waals surface area contributed by atoms with Crippen LogP contribution >= 0.6 is 0 Å². The molecule has 27 heavy (non-hydrogen) atoms. The number of ether oxygens (including phenoxy) is 1. The van der Waals surface area contributed by atoms with Crippen molar-refractivity contribution in [2.45, 2.75) is 40.5 Å². The maximum atomic E-state index is 12.6. The zero-order chi connectivity index (χ0) is 19.4. The molecule has 0 radical (unpaired) electrons. The number of aryl methyl sites for hydroxylation is 3. The molecule has 0 unspecified atom stereocenters. The quantitative estimate of drug-likeness (QED) is 0.634. The Morgan fingerprint density at radius 2 is 1.93 bits per heavy atom. The van der Waals surface area contributed by atoms with Crippen molar-refractivity contribution in [2.75, 3.05) is 7.05 Å². The van der Waals surface area contributed by atoms with Crippen LogP contribution in [0.1, 0.15) is 40.1 Å². The number of hydrogen-bond donors (Lipinski definition) is 0. The van der Waals surface area contributed by atoms with Gasteiger partial charge in [0.2, 0.25) is 0 Å². The predicted octanol–water partition coefficient (Wildman–Crippen LogP) is 3.96. The standard InChI is InChI=1S/C21H25N3O3/c1-5-24-17(11-12-22-24)13-23(4)21(25)19-10-9-18(27-19)14-26-20-15(2)7-6-8-16(20)3/h6-12H,5,13-14H2,1-4H3. The Hall–Kier alpha value is -3.02. The van der Waals surface area contributed by atoms with Gasteiger partial charge in [-0.05, 0) is 50.1 Å². The minimum atomic E-state index is -0.169. The number of carbonyl (C=O) groups excluding carboxylic acids is 1. The summed E-state index contributed by atoms with van der Waals surface area (Å²) in [5, 5.41) is 4.23. The van der Waals surface area contributed by atoms with E-state index < -0.39 is 0 Å². The van der Waals surface area contributed by atoms with Crippen molar-refractivity contribution in [1.82, 2.24) is 14.7 Å². The molecule has 0 aliphatic heterocycles. The number of furan rings is 1. The van der Waals surface area contributed by atoms with E-state index in [1.165, 1.54) is 0 Å². The van der Waals surface area contributed by atoms with E-state index in [0.29, 0.717) is 18.1 Å². The second-order valence-corrected chi connectivity index (χ2v) is 6.58. The molecule has 2 heterocycles. The second-order valence-electron chi connectivity index (χ2n) is 6.58. The molecular formula is C21H25N3O3. The highest BCUT2D eigenvalue weighted by atomic mass is 16.5. The van der Waals surface area contributed by atoms with E-state index in [1.807, 2.05) is 49.7 Å². The highest BCUT2D eigenvalue weighted by molar-refractivity contribution is 5.91. The van der Waals surface area contributed by atoms with Crippen molar-refractivity contribution in [3.8, 4) is 5.75 Å². The molecule has 0 N–H and O–H groups in total. The number of amides is 1. The smallest absolute Gasteiger partial charge is 0.289 e. The molecule has 2 aromatic heterocycles. The molecule has 0 spiro atoms. The van der Waals surface area contributed by atoms with Crippen molar-refractivity contribution in [3.63, 3.8) is 0 Å². The summed E-state index contributed by atoms with van der Waals surface area (Å²) in [5.74, 6) is 1.61. The zero-order valence-electron chi connectivity index (χ0n) is 16.2. The van der Waals surface area contributed by atoms with Gasteiger partial charge in [0.05, 0.1) is 12.2 Å². The summed E-state index contributed by atoms with van der Waals surface area (Å²) >= 11 is 0. The maximum Gasteiger partial charge on any atom is 0.289 e. The van der Waals surface area contributed by atoms with Crippen molar-refractivity contribution < 1.29 is 13.9 Å². The minimum Gasteiger partial charge on any atom is -0.485 e. The van der Waals surface area contributed by atoms with Crippen molar-refractivity contribution in [3.05, 3.63) is 70.9 Å². The predicted molar refractivity (Wildman–Crippen MR) is 103 cm³/mol. The number of para-hydroxylation sites is 1. The molecule has 6 heteroatoms. The lowest BCUT2D eigenvalue weighted by atomic mass is 10.1. The van der Waals surface area contributed by atoms with Gasteiger partial charge in [-0.2, -0.15) is 5.10 Å². The Balaban J connectivity index is 1.63. The Morgan fingerprint density at radius 3 is 2.63 bits per heavy atom. The first-order valence-electron chi connectivity index (χ1n) is 9.03. The van der Waals surface area contributed by atoms with Crippen LogP contribution in [0.15, 0.2) is 47.0 Å². The third kappa shape index (κ3) is 4.22. The summed E-state index contributed by atoms with van der Waals surface area (Å²) in [4.78, 5) is 14.3. The summed E-state index contributed by atoms with van der Waals surface area (Å²) in [6, 6.07) is 11.4. The maximum absolute atomic E-state index is 12.6. The van der Waals surface area contributed by atoms with Gasteiger partial charge in [-0.15, -0.1) is 0 Å². The molecule has 0 atom stereocenters. The van der Waals surface area contributed by atoms with Gasteiger partial charge in [0.15, 0.2) is 5.76 Å². The van der Waals surface area contributed by atoms with Crippen LogP contribution in [-0.4, -0.2) is 27.6 Å². The zero-order valence-corrected chi connectivity index (χ0v) is 16.2. The molecule has 0 bridgehead atoms. The lowest BCUT2D eigenvalue weighted by Gasteiger charge is -2.16. The summed E-state index contributed by atoms with van der Waals surface area (Å²) < 4.78 is 13.5. The summed E-state index contributed by atoms with van der Waals surface area (Å²) in [7, 11) is 1.75. The normalized spacial score (nSPS) is 10.8. The molecule has 3 rings (SSSR count). The van der Waals surface area contributed by atoms with Crippen LogP contribution in [0.5, 0.6) is 5.75 Å². The molecule has 0 saturated carbocycles. The fourth-order valence-corrected chi connectivity index (χ4v) is 3.02. The highest BCUT2D eigenvalue weighted by Gasteiger charge is 2.18. The van der Waals surface area contributed by atoms with E-state index in [4.69, 9.17) is 9.15 Å². The molecule has 142 valence electrons. The fourth-order valence-electron chi connectivity index (χ4n) is 3.02. The van der Waals surface area contributed by atoms with Crippen molar-refractivity contribution in [1.29, 1.82) is 0 Å². The van der Waals surface area contributed by atoms with E-state index in [9.17, 15) is 4.79 Å². The van der Waals surface area contributed by atoms with E-state index in [1.54, 1.807) is 30.3 Å². The fraction of sp³-hybridized carbons (Fsp3) is 0.333.